The van der Waals surface area contributed by atoms with Crippen molar-refractivity contribution in [1.29, 1.82) is 0 Å². The molecule has 1 N–H and O–H groups in total. The second-order valence-corrected chi connectivity index (χ2v) is 6.49. The number of hydrogen-bond donors (Lipinski definition) is 1. The Morgan fingerprint density at radius 3 is 2.52 bits per heavy atom. The molecule has 4 aromatic rings. The highest BCUT2D eigenvalue weighted by atomic mass is 16.5. The fourth-order valence-corrected chi connectivity index (χ4v) is 3.20. The molecular weight excluding hydrogens is 364 g/mol. The van der Waals surface area contributed by atoms with Crippen LogP contribution in [-0.2, 0) is 4.79 Å². The molecule has 1 amide bonds. The molecule has 0 fully saturated rings. The van der Waals surface area contributed by atoms with E-state index in [-0.39, 0.29) is 12.5 Å². The number of methoxy groups -OCH3 is 1. The molecule has 0 aliphatic heterocycles. The highest BCUT2D eigenvalue weighted by Gasteiger charge is 2.05. The van der Waals surface area contributed by atoms with Crippen molar-refractivity contribution >= 4 is 33.7 Å². The lowest BCUT2D eigenvalue weighted by Crippen LogP contribution is -2.24. The molecule has 0 spiro atoms. The molecule has 0 unspecified atom stereocenters. The minimum Gasteiger partial charge on any atom is -0.496 e. The maximum Gasteiger partial charge on any atom is 0.277 e. The van der Waals surface area contributed by atoms with Crippen LogP contribution >= 0.6 is 0 Å². The van der Waals surface area contributed by atoms with Gasteiger partial charge in [-0.15, -0.1) is 0 Å². The van der Waals surface area contributed by atoms with Gasteiger partial charge in [0.05, 0.1) is 13.3 Å². The van der Waals surface area contributed by atoms with Crippen molar-refractivity contribution in [2.24, 2.45) is 5.10 Å². The SMILES string of the molecule is COc1ccc(C=NNC(=O)COc2ccc3ccccc3c2)c2ccccc12. The van der Waals surface area contributed by atoms with Crippen LogP contribution in [0.15, 0.2) is 84.0 Å². The molecule has 0 heterocycles. The lowest BCUT2D eigenvalue weighted by atomic mass is 10.0. The number of nitrogens with zero attached hydrogens (tertiary/aromatic N) is 1. The van der Waals surface area contributed by atoms with E-state index in [0.717, 1.165) is 32.9 Å². The van der Waals surface area contributed by atoms with E-state index in [4.69, 9.17) is 9.47 Å². The van der Waals surface area contributed by atoms with E-state index in [0.29, 0.717) is 5.75 Å². The Kier molecular flexibility index (Phi) is 5.38. The Balaban J connectivity index is 1.39. The fourth-order valence-electron chi connectivity index (χ4n) is 3.20. The van der Waals surface area contributed by atoms with E-state index in [1.165, 1.54) is 0 Å². The first kappa shape index (κ1) is 18.5. The van der Waals surface area contributed by atoms with Crippen LogP contribution in [0, 0.1) is 0 Å². The van der Waals surface area contributed by atoms with Crippen LogP contribution in [0.2, 0.25) is 0 Å². The van der Waals surface area contributed by atoms with E-state index in [1.807, 2.05) is 78.9 Å². The van der Waals surface area contributed by atoms with Crippen molar-refractivity contribution in [3.8, 4) is 11.5 Å². The molecule has 5 nitrogen and oxygen atoms in total. The highest BCUT2D eigenvalue weighted by molar-refractivity contribution is 6.02. The van der Waals surface area contributed by atoms with Gasteiger partial charge in [-0.3, -0.25) is 4.79 Å². The molecule has 0 saturated heterocycles. The number of rotatable bonds is 6. The summed E-state index contributed by atoms with van der Waals surface area (Å²) >= 11 is 0. The zero-order valence-electron chi connectivity index (χ0n) is 16.0. The van der Waals surface area contributed by atoms with Crippen molar-refractivity contribution in [3.63, 3.8) is 0 Å². The van der Waals surface area contributed by atoms with Gasteiger partial charge in [-0.2, -0.15) is 5.10 Å². The topological polar surface area (TPSA) is 59.9 Å². The van der Waals surface area contributed by atoms with Gasteiger partial charge in [-0.1, -0.05) is 54.6 Å². The lowest BCUT2D eigenvalue weighted by Gasteiger charge is -2.08. The summed E-state index contributed by atoms with van der Waals surface area (Å²) in [7, 11) is 1.64. The number of hydrogen-bond acceptors (Lipinski definition) is 4. The Morgan fingerprint density at radius 2 is 1.69 bits per heavy atom. The van der Waals surface area contributed by atoms with Crippen LogP contribution in [0.3, 0.4) is 0 Å². The summed E-state index contributed by atoms with van der Waals surface area (Å²) in [5.74, 6) is 1.11. The Bertz CT molecular complexity index is 1200. The molecule has 0 saturated carbocycles. The second kappa shape index (κ2) is 8.44. The van der Waals surface area contributed by atoms with E-state index < -0.39 is 0 Å². The van der Waals surface area contributed by atoms with Gasteiger partial charge in [0, 0.05) is 10.9 Å². The van der Waals surface area contributed by atoms with Crippen LogP contribution in [0.1, 0.15) is 5.56 Å². The minimum atomic E-state index is -0.327. The zero-order valence-corrected chi connectivity index (χ0v) is 16.0. The predicted molar refractivity (Wildman–Crippen MR) is 116 cm³/mol. The van der Waals surface area contributed by atoms with Crippen molar-refractivity contribution in [3.05, 3.63) is 84.4 Å². The molecule has 0 atom stereocenters. The third-order valence-corrected chi connectivity index (χ3v) is 4.62. The molecule has 0 aliphatic rings. The normalized spacial score (nSPS) is 11.1. The summed E-state index contributed by atoms with van der Waals surface area (Å²) in [6, 6.07) is 25.4. The third kappa shape index (κ3) is 4.19. The first-order chi connectivity index (χ1) is 14.2. The molecule has 0 bridgehead atoms. The number of amides is 1. The number of nitrogens with one attached hydrogen (secondary N) is 1. The largest absolute Gasteiger partial charge is 0.496 e. The minimum absolute atomic E-state index is 0.112. The fraction of sp³-hybridized carbons (Fsp3) is 0.0833. The average molecular weight is 384 g/mol. The smallest absolute Gasteiger partial charge is 0.277 e. The number of hydrazone groups is 1. The predicted octanol–water partition coefficient (Wildman–Crippen LogP) is 4.53. The number of carbonyl (C=O) groups is 1. The molecule has 0 radical (unpaired) electrons. The Hall–Kier alpha value is -3.86. The molecule has 29 heavy (non-hydrogen) atoms. The Morgan fingerprint density at radius 1 is 0.931 bits per heavy atom. The number of carbonyl (C=O) groups excluding carboxylic acids is 1. The van der Waals surface area contributed by atoms with Crippen molar-refractivity contribution in [1.82, 2.24) is 5.43 Å². The van der Waals surface area contributed by atoms with Gasteiger partial charge >= 0.3 is 0 Å². The molecule has 5 heteroatoms. The summed E-state index contributed by atoms with van der Waals surface area (Å²) in [5.41, 5.74) is 3.39. The van der Waals surface area contributed by atoms with Crippen LogP contribution in [0.4, 0.5) is 0 Å². The standard InChI is InChI=1S/C24H20N2O3/c1-28-23-13-11-19(21-8-4-5-9-22(21)23)15-25-26-24(27)16-29-20-12-10-17-6-2-3-7-18(17)14-20/h2-15H,16H2,1H3,(H,26,27). The second-order valence-electron chi connectivity index (χ2n) is 6.49. The maximum atomic E-state index is 12.1. The zero-order chi connectivity index (χ0) is 20.1. The molecular formula is C24H20N2O3. The van der Waals surface area contributed by atoms with Gasteiger partial charge in [-0.25, -0.2) is 5.43 Å². The molecule has 0 aromatic heterocycles. The van der Waals surface area contributed by atoms with Crippen molar-refractivity contribution in [2.45, 2.75) is 0 Å². The van der Waals surface area contributed by atoms with Gasteiger partial charge in [0.2, 0.25) is 0 Å². The quantitative estimate of drug-likeness (QED) is 0.392. The number of fused-ring (bicyclic) bond motifs is 2. The van der Waals surface area contributed by atoms with E-state index >= 15 is 0 Å². The van der Waals surface area contributed by atoms with Gasteiger partial charge in [0.1, 0.15) is 11.5 Å². The van der Waals surface area contributed by atoms with Gasteiger partial charge in [0.15, 0.2) is 6.61 Å². The first-order valence-electron chi connectivity index (χ1n) is 9.24. The first-order valence-corrected chi connectivity index (χ1v) is 9.24. The molecule has 4 aromatic carbocycles. The number of benzene rings is 4. The van der Waals surface area contributed by atoms with E-state index in [9.17, 15) is 4.79 Å². The molecule has 144 valence electrons. The summed E-state index contributed by atoms with van der Waals surface area (Å²) < 4.78 is 11.0. The summed E-state index contributed by atoms with van der Waals surface area (Å²) in [6.07, 6.45) is 1.62. The van der Waals surface area contributed by atoms with Crippen LogP contribution in [0.5, 0.6) is 11.5 Å². The summed E-state index contributed by atoms with van der Waals surface area (Å²) in [5, 5.41) is 8.24. The molecule has 0 aliphatic carbocycles. The molecule has 4 rings (SSSR count). The monoisotopic (exact) mass is 384 g/mol. The summed E-state index contributed by atoms with van der Waals surface area (Å²) in [4.78, 5) is 12.1. The highest BCUT2D eigenvalue weighted by Crippen LogP contribution is 2.27. The number of ether oxygens (including phenoxy) is 2. The van der Waals surface area contributed by atoms with E-state index in [2.05, 4.69) is 10.5 Å². The van der Waals surface area contributed by atoms with Crippen LogP contribution < -0.4 is 14.9 Å². The van der Waals surface area contributed by atoms with Gasteiger partial charge < -0.3 is 9.47 Å². The van der Waals surface area contributed by atoms with Gasteiger partial charge in [0.25, 0.3) is 5.91 Å². The lowest BCUT2D eigenvalue weighted by molar-refractivity contribution is -0.123. The van der Waals surface area contributed by atoms with E-state index in [1.54, 1.807) is 13.3 Å². The Labute approximate surface area is 168 Å². The van der Waals surface area contributed by atoms with Crippen molar-refractivity contribution < 1.29 is 14.3 Å². The van der Waals surface area contributed by atoms with Gasteiger partial charge in [-0.05, 0) is 40.4 Å². The average Bonchev–Trinajstić information content (AvgIpc) is 2.77. The van der Waals surface area contributed by atoms with Crippen LogP contribution in [0.25, 0.3) is 21.5 Å². The summed E-state index contributed by atoms with van der Waals surface area (Å²) in [6.45, 7) is -0.112. The van der Waals surface area contributed by atoms with Crippen molar-refractivity contribution in [2.75, 3.05) is 13.7 Å². The third-order valence-electron chi connectivity index (χ3n) is 4.62. The maximum absolute atomic E-state index is 12.1. The van der Waals surface area contributed by atoms with Crippen LogP contribution in [-0.4, -0.2) is 25.8 Å².